The largest absolute Gasteiger partial charge is 0.497 e. The van der Waals surface area contributed by atoms with Crippen molar-refractivity contribution in [1.82, 2.24) is 15.5 Å². The molecule has 0 fully saturated rings. The lowest BCUT2D eigenvalue weighted by Crippen LogP contribution is -2.37. The summed E-state index contributed by atoms with van der Waals surface area (Å²) in [6, 6.07) is 21.1. The molecule has 4 rings (SSSR count). The third kappa shape index (κ3) is 4.66. The molecule has 1 N–H and O–H groups in total. The Morgan fingerprint density at radius 2 is 1.84 bits per heavy atom. The third-order valence-corrected chi connectivity index (χ3v) is 4.91. The molecule has 0 unspecified atom stereocenters. The second-order valence-corrected chi connectivity index (χ2v) is 6.95. The first kappa shape index (κ1) is 20.4. The molecule has 0 spiro atoms. The van der Waals surface area contributed by atoms with Gasteiger partial charge in [0.05, 0.1) is 13.7 Å². The second-order valence-electron chi connectivity index (χ2n) is 6.95. The molecule has 1 atom stereocenters. The molecule has 0 aliphatic rings. The highest BCUT2D eigenvalue weighted by Gasteiger charge is 2.20. The minimum Gasteiger partial charge on any atom is -0.497 e. The average Bonchev–Trinajstić information content (AvgIpc) is 3.30. The van der Waals surface area contributed by atoms with E-state index in [-0.39, 0.29) is 12.5 Å². The van der Waals surface area contributed by atoms with E-state index in [9.17, 15) is 4.79 Å². The Morgan fingerprint density at radius 3 is 2.61 bits per heavy atom. The quantitative estimate of drug-likeness (QED) is 0.458. The molecule has 0 saturated heterocycles. The van der Waals surface area contributed by atoms with Gasteiger partial charge in [0.15, 0.2) is 6.10 Å². The summed E-state index contributed by atoms with van der Waals surface area (Å²) < 4.78 is 16.5. The van der Waals surface area contributed by atoms with Gasteiger partial charge in [-0.2, -0.15) is 4.98 Å². The zero-order valence-electron chi connectivity index (χ0n) is 17.4. The van der Waals surface area contributed by atoms with Crippen molar-refractivity contribution in [3.05, 3.63) is 72.6 Å². The molecular weight excluding hydrogens is 394 g/mol. The van der Waals surface area contributed by atoms with Crippen molar-refractivity contribution in [2.24, 2.45) is 0 Å². The molecule has 7 heteroatoms. The molecule has 1 heterocycles. The number of amides is 1. The predicted molar refractivity (Wildman–Crippen MR) is 117 cm³/mol. The molecule has 0 saturated carbocycles. The molecular formula is C24H23N3O4. The van der Waals surface area contributed by atoms with Gasteiger partial charge in [0.2, 0.25) is 11.7 Å². The van der Waals surface area contributed by atoms with Gasteiger partial charge in [-0.1, -0.05) is 48.5 Å². The number of carbonyl (C=O) groups is 1. The Hall–Kier alpha value is -3.87. The Kier molecular flexibility index (Phi) is 6.12. The number of ether oxygens (including phenoxy) is 2. The van der Waals surface area contributed by atoms with Crippen LogP contribution in [0.4, 0.5) is 0 Å². The van der Waals surface area contributed by atoms with Gasteiger partial charge in [0, 0.05) is 10.9 Å². The number of nitrogens with one attached hydrogen (secondary N) is 1. The Labute approximate surface area is 180 Å². The fourth-order valence-electron chi connectivity index (χ4n) is 3.23. The monoisotopic (exact) mass is 417 g/mol. The molecule has 1 aromatic heterocycles. The molecule has 0 radical (unpaired) electrons. The summed E-state index contributed by atoms with van der Waals surface area (Å²) in [6.07, 6.45) is -0.106. The van der Waals surface area contributed by atoms with Gasteiger partial charge >= 0.3 is 0 Å². The number of carbonyl (C=O) groups excluding carboxylic acids is 1. The van der Waals surface area contributed by atoms with Crippen molar-refractivity contribution >= 4 is 16.7 Å². The number of hydrogen-bond acceptors (Lipinski definition) is 6. The molecule has 3 aromatic carbocycles. The smallest absolute Gasteiger partial charge is 0.261 e. The first-order valence-electron chi connectivity index (χ1n) is 10.1. The third-order valence-electron chi connectivity index (χ3n) is 4.91. The summed E-state index contributed by atoms with van der Waals surface area (Å²) >= 11 is 0. The van der Waals surface area contributed by atoms with Crippen molar-refractivity contribution in [2.75, 3.05) is 7.11 Å². The molecule has 4 aromatic rings. The molecule has 1 amide bonds. The van der Waals surface area contributed by atoms with E-state index in [1.807, 2.05) is 73.7 Å². The highest BCUT2D eigenvalue weighted by molar-refractivity contribution is 5.89. The number of nitrogens with zero attached hydrogens (tertiary/aromatic N) is 2. The number of aromatic nitrogens is 2. The zero-order valence-corrected chi connectivity index (χ0v) is 17.4. The summed E-state index contributed by atoms with van der Waals surface area (Å²) in [6.45, 7) is 2.03. The van der Waals surface area contributed by atoms with E-state index < -0.39 is 6.10 Å². The van der Waals surface area contributed by atoms with Gasteiger partial charge in [-0.3, -0.25) is 4.79 Å². The second kappa shape index (κ2) is 9.30. The number of hydrogen-bond donors (Lipinski definition) is 1. The van der Waals surface area contributed by atoms with E-state index >= 15 is 0 Å². The fraction of sp³-hybridized carbons (Fsp3) is 0.208. The summed E-state index contributed by atoms with van der Waals surface area (Å²) in [7, 11) is 1.61. The van der Waals surface area contributed by atoms with Crippen molar-refractivity contribution in [3.63, 3.8) is 0 Å². The molecule has 7 nitrogen and oxygen atoms in total. The van der Waals surface area contributed by atoms with Crippen LogP contribution in [-0.2, 0) is 11.3 Å². The van der Waals surface area contributed by atoms with E-state index in [0.717, 1.165) is 22.1 Å². The van der Waals surface area contributed by atoms with Crippen molar-refractivity contribution in [1.29, 1.82) is 0 Å². The van der Waals surface area contributed by atoms with E-state index in [2.05, 4.69) is 15.5 Å². The number of methoxy groups -OCH3 is 1. The van der Waals surface area contributed by atoms with Crippen LogP contribution in [0.25, 0.3) is 22.2 Å². The van der Waals surface area contributed by atoms with Crippen molar-refractivity contribution < 1.29 is 18.8 Å². The summed E-state index contributed by atoms with van der Waals surface area (Å²) in [4.78, 5) is 17.0. The van der Waals surface area contributed by atoms with E-state index in [1.165, 1.54) is 0 Å². The minimum absolute atomic E-state index is 0.122. The van der Waals surface area contributed by atoms with Crippen molar-refractivity contribution in [2.45, 2.75) is 26.0 Å². The van der Waals surface area contributed by atoms with Crippen LogP contribution in [-0.4, -0.2) is 29.3 Å². The topological polar surface area (TPSA) is 86.5 Å². The van der Waals surface area contributed by atoms with Crippen LogP contribution in [0.3, 0.4) is 0 Å². The lowest BCUT2D eigenvalue weighted by Gasteiger charge is -2.18. The van der Waals surface area contributed by atoms with Crippen LogP contribution in [0, 0.1) is 0 Å². The lowest BCUT2D eigenvalue weighted by atomic mass is 10.1. The number of rotatable bonds is 8. The predicted octanol–water partition coefficient (Wildman–Crippen LogP) is 4.37. The van der Waals surface area contributed by atoms with Crippen LogP contribution in [0.15, 0.2) is 71.3 Å². The maximum Gasteiger partial charge on any atom is 0.261 e. The van der Waals surface area contributed by atoms with Gasteiger partial charge in [0.25, 0.3) is 5.91 Å². The molecule has 0 aliphatic heterocycles. The standard InChI is InChI=1S/C24H23N3O4/c1-3-20(30-21-10-6-8-16-7-4-5-9-19(16)21)24(28)25-15-22-26-23(27-31-22)17-11-13-18(29-2)14-12-17/h4-14,20H,3,15H2,1-2H3,(H,25,28)/t20-/m1/s1. The number of fused-ring (bicyclic) bond motifs is 1. The fourth-order valence-corrected chi connectivity index (χ4v) is 3.23. The summed E-state index contributed by atoms with van der Waals surface area (Å²) in [5, 5.41) is 8.83. The van der Waals surface area contributed by atoms with E-state index in [1.54, 1.807) is 7.11 Å². The molecule has 158 valence electrons. The van der Waals surface area contributed by atoms with Gasteiger partial charge < -0.3 is 19.3 Å². The zero-order chi connectivity index (χ0) is 21.6. The number of benzene rings is 3. The van der Waals surface area contributed by atoms with Crippen LogP contribution >= 0.6 is 0 Å². The minimum atomic E-state index is -0.630. The molecule has 0 bridgehead atoms. The van der Waals surface area contributed by atoms with Gasteiger partial charge in [-0.25, -0.2) is 0 Å². The highest BCUT2D eigenvalue weighted by Crippen LogP contribution is 2.26. The van der Waals surface area contributed by atoms with Gasteiger partial charge in [0.1, 0.15) is 11.5 Å². The van der Waals surface area contributed by atoms with Crippen LogP contribution in [0.5, 0.6) is 11.5 Å². The Bertz CT molecular complexity index is 1170. The first-order chi connectivity index (χ1) is 15.2. The molecule has 0 aliphatic carbocycles. The van der Waals surface area contributed by atoms with Crippen LogP contribution in [0.1, 0.15) is 19.2 Å². The maximum atomic E-state index is 12.7. The highest BCUT2D eigenvalue weighted by atomic mass is 16.5. The van der Waals surface area contributed by atoms with E-state index in [4.69, 9.17) is 14.0 Å². The van der Waals surface area contributed by atoms with Gasteiger partial charge in [-0.05, 0) is 42.1 Å². The Morgan fingerprint density at radius 1 is 1.06 bits per heavy atom. The maximum absolute atomic E-state index is 12.7. The average molecular weight is 417 g/mol. The first-order valence-corrected chi connectivity index (χ1v) is 10.1. The Balaban J connectivity index is 1.39. The van der Waals surface area contributed by atoms with E-state index in [0.29, 0.717) is 23.9 Å². The SMILES string of the molecule is CC[C@@H](Oc1cccc2ccccc12)C(=O)NCc1nc(-c2ccc(OC)cc2)no1. The summed E-state index contributed by atoms with van der Waals surface area (Å²) in [5.41, 5.74) is 0.799. The van der Waals surface area contributed by atoms with Crippen LogP contribution in [0.2, 0.25) is 0 Å². The van der Waals surface area contributed by atoms with Crippen LogP contribution < -0.4 is 14.8 Å². The van der Waals surface area contributed by atoms with Crippen molar-refractivity contribution in [3.8, 4) is 22.9 Å². The normalized spacial score (nSPS) is 11.8. The summed E-state index contributed by atoms with van der Waals surface area (Å²) in [5.74, 6) is 1.96. The lowest BCUT2D eigenvalue weighted by molar-refractivity contribution is -0.128. The van der Waals surface area contributed by atoms with Gasteiger partial charge in [-0.15, -0.1) is 0 Å². The molecule has 31 heavy (non-hydrogen) atoms.